The van der Waals surface area contributed by atoms with Crippen LogP contribution in [-0.4, -0.2) is 19.4 Å². The number of halogens is 1. The van der Waals surface area contributed by atoms with Gasteiger partial charge in [-0.1, -0.05) is 0 Å². The van der Waals surface area contributed by atoms with Crippen molar-refractivity contribution >= 4 is 17.2 Å². The van der Waals surface area contributed by atoms with Crippen LogP contribution < -0.4 is 5.32 Å². The number of rotatable bonds is 4. The van der Waals surface area contributed by atoms with Crippen LogP contribution >= 0.6 is 0 Å². The van der Waals surface area contributed by atoms with Crippen molar-refractivity contribution in [1.29, 1.82) is 0 Å². The highest BCUT2D eigenvalue weighted by Crippen LogP contribution is 2.28. The molecule has 0 aliphatic heterocycles. The SMILES string of the molecule is Cc1ncc(-c2ccc(Nc3nccn4cc(-c5ccc(F)cc5C)nc34)cc2)o1. The molecule has 0 aliphatic rings. The lowest BCUT2D eigenvalue weighted by molar-refractivity contribution is 0.534. The Morgan fingerprint density at radius 3 is 2.60 bits per heavy atom. The van der Waals surface area contributed by atoms with Crippen LogP contribution in [0.5, 0.6) is 0 Å². The van der Waals surface area contributed by atoms with Crippen molar-refractivity contribution in [3.63, 3.8) is 0 Å². The van der Waals surface area contributed by atoms with Crippen molar-refractivity contribution in [2.24, 2.45) is 0 Å². The van der Waals surface area contributed by atoms with E-state index in [1.807, 2.05) is 54.9 Å². The highest BCUT2D eigenvalue weighted by atomic mass is 19.1. The summed E-state index contributed by atoms with van der Waals surface area (Å²) in [5, 5.41) is 3.32. The molecule has 3 aromatic heterocycles. The van der Waals surface area contributed by atoms with Gasteiger partial charge in [-0.05, 0) is 55.0 Å². The molecule has 0 saturated carbocycles. The monoisotopic (exact) mass is 399 g/mol. The number of benzene rings is 2. The lowest BCUT2D eigenvalue weighted by Gasteiger charge is -2.07. The van der Waals surface area contributed by atoms with Gasteiger partial charge in [0.25, 0.3) is 0 Å². The summed E-state index contributed by atoms with van der Waals surface area (Å²) in [6.45, 7) is 3.69. The minimum atomic E-state index is -0.257. The smallest absolute Gasteiger partial charge is 0.191 e. The van der Waals surface area contributed by atoms with Crippen LogP contribution in [0.1, 0.15) is 11.5 Å². The summed E-state index contributed by atoms with van der Waals surface area (Å²) in [4.78, 5) is 13.3. The van der Waals surface area contributed by atoms with E-state index in [2.05, 4.69) is 15.3 Å². The molecule has 0 bridgehead atoms. The summed E-state index contributed by atoms with van der Waals surface area (Å²) < 4.78 is 20.9. The van der Waals surface area contributed by atoms with Crippen LogP contribution in [0.25, 0.3) is 28.2 Å². The second-order valence-electron chi connectivity index (χ2n) is 7.04. The van der Waals surface area contributed by atoms with Crippen molar-refractivity contribution < 1.29 is 8.81 Å². The third-order valence-corrected chi connectivity index (χ3v) is 4.89. The number of imidazole rings is 1. The molecule has 0 saturated heterocycles. The van der Waals surface area contributed by atoms with Crippen molar-refractivity contribution in [2.45, 2.75) is 13.8 Å². The van der Waals surface area contributed by atoms with Gasteiger partial charge in [0.05, 0.1) is 11.9 Å². The maximum absolute atomic E-state index is 13.5. The molecular weight excluding hydrogens is 381 g/mol. The zero-order chi connectivity index (χ0) is 20.7. The third kappa shape index (κ3) is 3.30. The van der Waals surface area contributed by atoms with E-state index >= 15 is 0 Å². The maximum atomic E-state index is 13.5. The Morgan fingerprint density at radius 1 is 1.03 bits per heavy atom. The van der Waals surface area contributed by atoms with Crippen molar-refractivity contribution in [1.82, 2.24) is 19.4 Å². The molecule has 1 N–H and O–H groups in total. The van der Waals surface area contributed by atoms with Gasteiger partial charge in [0.1, 0.15) is 5.82 Å². The van der Waals surface area contributed by atoms with Gasteiger partial charge in [-0.25, -0.2) is 19.3 Å². The molecule has 6 nitrogen and oxygen atoms in total. The molecule has 3 heterocycles. The van der Waals surface area contributed by atoms with Gasteiger partial charge < -0.3 is 14.1 Å². The number of fused-ring (bicyclic) bond motifs is 1. The standard InChI is InChI=1S/C23H18FN5O/c1-14-11-17(24)5-8-19(14)20-13-29-10-9-25-22(23(29)28-20)27-18-6-3-16(4-7-18)21-12-26-15(2)30-21/h3-13H,1-2H3,(H,25,27). The first-order valence-corrected chi connectivity index (χ1v) is 9.47. The largest absolute Gasteiger partial charge is 0.441 e. The summed E-state index contributed by atoms with van der Waals surface area (Å²) in [5.41, 5.74) is 4.99. The number of aromatic nitrogens is 4. The average Bonchev–Trinajstić information content (AvgIpc) is 3.35. The number of anilines is 2. The van der Waals surface area contributed by atoms with E-state index in [-0.39, 0.29) is 5.82 Å². The summed E-state index contributed by atoms with van der Waals surface area (Å²) in [7, 11) is 0. The fourth-order valence-electron chi connectivity index (χ4n) is 3.40. The Balaban J connectivity index is 1.47. The number of nitrogens with zero attached hydrogens (tertiary/aromatic N) is 4. The van der Waals surface area contributed by atoms with Crippen molar-refractivity contribution in [3.05, 3.63) is 84.5 Å². The molecule has 0 spiro atoms. The first kappa shape index (κ1) is 18.1. The predicted molar refractivity (Wildman–Crippen MR) is 113 cm³/mol. The topological polar surface area (TPSA) is 68.2 Å². The molecule has 0 unspecified atom stereocenters. The van der Waals surface area contributed by atoms with Crippen LogP contribution in [0.2, 0.25) is 0 Å². The van der Waals surface area contributed by atoms with Crippen LogP contribution in [0.15, 0.2) is 71.7 Å². The van der Waals surface area contributed by atoms with Crippen LogP contribution in [-0.2, 0) is 0 Å². The van der Waals surface area contributed by atoms with E-state index < -0.39 is 0 Å². The molecule has 0 aliphatic carbocycles. The van der Waals surface area contributed by atoms with Crippen molar-refractivity contribution in [2.75, 3.05) is 5.32 Å². The molecule has 0 atom stereocenters. The molecule has 0 amide bonds. The van der Waals surface area contributed by atoms with Gasteiger partial charge in [-0.15, -0.1) is 0 Å². The minimum Gasteiger partial charge on any atom is -0.441 e. The molecule has 0 fully saturated rings. The minimum absolute atomic E-state index is 0.257. The molecule has 0 radical (unpaired) electrons. The second-order valence-corrected chi connectivity index (χ2v) is 7.04. The summed E-state index contributed by atoms with van der Waals surface area (Å²) in [6, 6.07) is 12.5. The lowest BCUT2D eigenvalue weighted by Crippen LogP contribution is -1.97. The first-order valence-electron chi connectivity index (χ1n) is 9.47. The Labute approximate surface area is 172 Å². The summed E-state index contributed by atoms with van der Waals surface area (Å²) in [6.07, 6.45) is 7.18. The van der Waals surface area contributed by atoms with E-state index in [1.54, 1.807) is 18.5 Å². The fraction of sp³-hybridized carbons (Fsp3) is 0.0870. The van der Waals surface area contributed by atoms with E-state index in [9.17, 15) is 4.39 Å². The van der Waals surface area contributed by atoms with E-state index in [0.717, 1.165) is 33.8 Å². The van der Waals surface area contributed by atoms with E-state index in [1.165, 1.54) is 12.1 Å². The quantitative estimate of drug-likeness (QED) is 0.429. The number of oxazole rings is 1. The fourth-order valence-corrected chi connectivity index (χ4v) is 3.40. The zero-order valence-electron chi connectivity index (χ0n) is 16.4. The van der Waals surface area contributed by atoms with Gasteiger partial charge >= 0.3 is 0 Å². The molecule has 148 valence electrons. The molecule has 2 aromatic carbocycles. The van der Waals surface area contributed by atoms with Crippen LogP contribution in [0.3, 0.4) is 0 Å². The molecular formula is C23H18FN5O. The molecule has 7 heteroatoms. The molecule has 5 rings (SSSR count). The molecule has 5 aromatic rings. The zero-order valence-corrected chi connectivity index (χ0v) is 16.4. The van der Waals surface area contributed by atoms with Gasteiger partial charge in [-0.2, -0.15) is 0 Å². The molecule has 30 heavy (non-hydrogen) atoms. The second kappa shape index (κ2) is 7.11. The number of hydrogen-bond donors (Lipinski definition) is 1. The van der Waals surface area contributed by atoms with Gasteiger partial charge in [0.15, 0.2) is 23.1 Å². The number of nitrogens with one attached hydrogen (secondary N) is 1. The highest BCUT2D eigenvalue weighted by Gasteiger charge is 2.12. The van der Waals surface area contributed by atoms with E-state index in [4.69, 9.17) is 9.40 Å². The number of hydrogen-bond acceptors (Lipinski definition) is 5. The lowest BCUT2D eigenvalue weighted by atomic mass is 10.1. The van der Waals surface area contributed by atoms with Crippen LogP contribution in [0.4, 0.5) is 15.9 Å². The van der Waals surface area contributed by atoms with Crippen molar-refractivity contribution in [3.8, 4) is 22.6 Å². The maximum Gasteiger partial charge on any atom is 0.191 e. The average molecular weight is 399 g/mol. The summed E-state index contributed by atoms with van der Waals surface area (Å²) in [5.74, 6) is 1.74. The highest BCUT2D eigenvalue weighted by molar-refractivity contribution is 5.75. The third-order valence-electron chi connectivity index (χ3n) is 4.89. The Morgan fingerprint density at radius 2 is 1.87 bits per heavy atom. The first-order chi connectivity index (χ1) is 14.6. The van der Waals surface area contributed by atoms with Crippen LogP contribution in [0, 0.1) is 19.7 Å². The Kier molecular flexibility index (Phi) is 4.28. The van der Waals surface area contributed by atoms with E-state index in [0.29, 0.717) is 17.4 Å². The summed E-state index contributed by atoms with van der Waals surface area (Å²) >= 11 is 0. The van der Waals surface area contributed by atoms with Gasteiger partial charge in [0.2, 0.25) is 0 Å². The Hall–Kier alpha value is -4.00. The normalized spacial score (nSPS) is 11.2. The Bertz CT molecular complexity index is 1350. The predicted octanol–water partition coefficient (Wildman–Crippen LogP) is 5.55. The van der Waals surface area contributed by atoms with Gasteiger partial charge in [0, 0.05) is 42.3 Å². The number of aryl methyl sites for hydroxylation is 2. The van der Waals surface area contributed by atoms with Gasteiger partial charge in [-0.3, -0.25) is 0 Å².